The van der Waals surface area contributed by atoms with Crippen LogP contribution in [0.5, 0.6) is 0 Å². The van der Waals surface area contributed by atoms with Crippen LogP contribution < -0.4 is 0 Å². The number of hydrogen-bond acceptors (Lipinski definition) is 8. The van der Waals surface area contributed by atoms with E-state index in [-0.39, 0.29) is 40.3 Å². The molecule has 1 aliphatic heterocycles. The minimum atomic E-state index is -1.21. The van der Waals surface area contributed by atoms with E-state index in [1.165, 1.54) is 18.1 Å². The van der Waals surface area contributed by atoms with Crippen LogP contribution in [0.4, 0.5) is 5.69 Å². The number of esters is 1. The molecule has 0 fully saturated rings. The first kappa shape index (κ1) is 22.1. The Labute approximate surface area is 169 Å². The lowest BCUT2D eigenvalue weighted by molar-refractivity contribution is -0.224. The van der Waals surface area contributed by atoms with Crippen LogP contribution in [0.2, 0.25) is 0 Å². The van der Waals surface area contributed by atoms with Gasteiger partial charge in [-0.3, -0.25) is 9.59 Å². The van der Waals surface area contributed by atoms with Gasteiger partial charge in [-0.05, 0) is 18.1 Å². The van der Waals surface area contributed by atoms with Gasteiger partial charge in [-0.25, -0.2) is 4.79 Å². The Bertz CT molecular complexity index is 873. The van der Waals surface area contributed by atoms with Crippen molar-refractivity contribution in [2.24, 2.45) is 16.1 Å². The number of benzene rings is 1. The highest BCUT2D eigenvalue weighted by Crippen LogP contribution is 2.29. The number of methoxy groups -OCH3 is 1. The predicted molar refractivity (Wildman–Crippen MR) is 103 cm³/mol. The minimum Gasteiger partial charge on any atom is -0.467 e. The van der Waals surface area contributed by atoms with Crippen LogP contribution in [0, 0.1) is 5.92 Å². The van der Waals surface area contributed by atoms with Gasteiger partial charge in [0.1, 0.15) is 0 Å². The molecular weight excluding hydrogens is 378 g/mol. The molecule has 0 spiro atoms. The summed E-state index contributed by atoms with van der Waals surface area (Å²) in [6.07, 6.45) is 0.537. The Kier molecular flexibility index (Phi) is 6.73. The number of hydrogen-bond donors (Lipinski definition) is 0. The molecule has 0 aromatic heterocycles. The number of amides is 1. The van der Waals surface area contributed by atoms with Crippen LogP contribution in [-0.4, -0.2) is 49.6 Å². The molecule has 1 amide bonds. The van der Waals surface area contributed by atoms with E-state index in [2.05, 4.69) is 10.2 Å². The van der Waals surface area contributed by atoms with Crippen molar-refractivity contribution in [3.8, 4) is 0 Å². The molecule has 1 aliphatic rings. The van der Waals surface area contributed by atoms with Gasteiger partial charge in [0.15, 0.2) is 6.29 Å². The molecule has 0 N–H and O–H groups in total. The first-order valence-corrected chi connectivity index (χ1v) is 9.05. The fourth-order valence-corrected chi connectivity index (χ4v) is 2.76. The van der Waals surface area contributed by atoms with Crippen LogP contribution in [0.1, 0.15) is 48.4 Å². The quantitative estimate of drug-likeness (QED) is 0.392. The molecule has 0 bridgehead atoms. The maximum atomic E-state index is 12.7. The molecular formula is C20H25N3O6. The summed E-state index contributed by atoms with van der Waals surface area (Å²) >= 11 is 0. The maximum absolute atomic E-state index is 12.7. The second-order valence-corrected chi connectivity index (χ2v) is 7.37. The number of carbonyl (C=O) groups excluding carboxylic acids is 3. The van der Waals surface area contributed by atoms with Crippen molar-refractivity contribution in [1.82, 2.24) is 4.90 Å². The Balaban J connectivity index is 2.41. The Morgan fingerprint density at radius 2 is 1.97 bits per heavy atom. The van der Waals surface area contributed by atoms with Crippen molar-refractivity contribution in [3.05, 3.63) is 41.0 Å². The van der Waals surface area contributed by atoms with E-state index < -0.39 is 11.8 Å². The van der Waals surface area contributed by atoms with Crippen molar-refractivity contribution < 1.29 is 28.6 Å². The monoisotopic (exact) mass is 403 g/mol. The number of nitrogens with zero attached hydrogens (tertiary/aromatic N) is 3. The summed E-state index contributed by atoms with van der Waals surface area (Å²) in [6.45, 7) is 7.60. The highest BCUT2D eigenvalue weighted by atomic mass is 16.8. The molecule has 1 aromatic carbocycles. The number of aldehydes is 1. The van der Waals surface area contributed by atoms with Crippen LogP contribution in [0.15, 0.2) is 40.1 Å². The molecule has 0 atom stereocenters. The molecule has 1 aromatic rings. The van der Waals surface area contributed by atoms with Crippen molar-refractivity contribution >= 4 is 23.9 Å². The first-order valence-electron chi connectivity index (χ1n) is 9.05. The molecule has 0 radical (unpaired) electrons. The lowest BCUT2D eigenvalue weighted by Gasteiger charge is -2.30. The van der Waals surface area contributed by atoms with Crippen molar-refractivity contribution in [2.45, 2.75) is 33.5 Å². The third-order valence-electron chi connectivity index (χ3n) is 3.92. The van der Waals surface area contributed by atoms with Crippen LogP contribution in [-0.2, 0) is 19.0 Å². The van der Waals surface area contributed by atoms with E-state index in [1.807, 2.05) is 13.8 Å². The largest absolute Gasteiger partial charge is 0.467 e. The summed E-state index contributed by atoms with van der Waals surface area (Å²) in [5.41, 5.74) is 0.118. The Morgan fingerprint density at radius 1 is 1.28 bits per heavy atom. The molecule has 1 heterocycles. The van der Waals surface area contributed by atoms with E-state index in [4.69, 9.17) is 14.2 Å². The SMILES string of the molecule is COC1=C(N=Nc2cccc(C(=O)N(C)CC(C)C)c2C=O)C(=O)OC(C)(C)O1. The molecule has 0 aliphatic carbocycles. The Hall–Kier alpha value is -3.23. The summed E-state index contributed by atoms with van der Waals surface area (Å²) < 4.78 is 15.6. The van der Waals surface area contributed by atoms with Gasteiger partial charge in [0, 0.05) is 27.4 Å². The molecule has 9 heteroatoms. The standard InChI is InChI=1S/C20H25N3O6/c1-12(2)10-23(5)17(25)13-8-7-9-15(14(13)11-24)21-22-16-18(26)28-20(3,4)29-19(16)27-6/h7-9,11-12H,10H2,1-6H3. The van der Waals surface area contributed by atoms with E-state index in [0.717, 1.165) is 0 Å². The van der Waals surface area contributed by atoms with Gasteiger partial charge in [0.2, 0.25) is 0 Å². The normalized spacial score (nSPS) is 15.9. The predicted octanol–water partition coefficient (Wildman–Crippen LogP) is 3.44. The molecule has 0 unspecified atom stereocenters. The zero-order chi connectivity index (χ0) is 21.8. The van der Waals surface area contributed by atoms with E-state index in [0.29, 0.717) is 12.8 Å². The zero-order valence-corrected chi connectivity index (χ0v) is 17.4. The minimum absolute atomic E-state index is 0.0712. The van der Waals surface area contributed by atoms with Gasteiger partial charge in [-0.2, -0.15) is 0 Å². The lowest BCUT2D eigenvalue weighted by Crippen LogP contribution is -2.37. The average Bonchev–Trinajstić information content (AvgIpc) is 2.64. The molecule has 156 valence electrons. The molecule has 29 heavy (non-hydrogen) atoms. The van der Waals surface area contributed by atoms with Gasteiger partial charge < -0.3 is 19.1 Å². The fraction of sp³-hybridized carbons (Fsp3) is 0.450. The highest BCUT2D eigenvalue weighted by Gasteiger charge is 2.37. The van der Waals surface area contributed by atoms with Crippen LogP contribution >= 0.6 is 0 Å². The second-order valence-electron chi connectivity index (χ2n) is 7.37. The van der Waals surface area contributed by atoms with Crippen molar-refractivity contribution in [3.63, 3.8) is 0 Å². The smallest absolute Gasteiger partial charge is 0.369 e. The van der Waals surface area contributed by atoms with Gasteiger partial charge in [0.05, 0.1) is 23.9 Å². The fourth-order valence-electron chi connectivity index (χ4n) is 2.76. The van der Waals surface area contributed by atoms with Gasteiger partial charge in [-0.15, -0.1) is 10.2 Å². The molecule has 9 nitrogen and oxygen atoms in total. The van der Waals surface area contributed by atoms with Crippen molar-refractivity contribution in [1.29, 1.82) is 0 Å². The third-order valence-corrected chi connectivity index (χ3v) is 3.92. The van der Waals surface area contributed by atoms with Gasteiger partial charge in [-0.1, -0.05) is 19.9 Å². The number of rotatable bonds is 7. The molecule has 2 rings (SSSR count). The van der Waals surface area contributed by atoms with Gasteiger partial charge in [0.25, 0.3) is 17.4 Å². The summed E-state index contributed by atoms with van der Waals surface area (Å²) in [6, 6.07) is 4.64. The van der Waals surface area contributed by atoms with E-state index in [9.17, 15) is 14.4 Å². The number of carbonyl (C=O) groups is 3. The summed E-state index contributed by atoms with van der Waals surface area (Å²) in [5, 5.41) is 7.82. The summed E-state index contributed by atoms with van der Waals surface area (Å²) in [5.74, 6) is -2.17. The molecule has 0 saturated carbocycles. The number of ether oxygens (including phenoxy) is 3. The summed E-state index contributed by atoms with van der Waals surface area (Å²) in [7, 11) is 2.98. The van der Waals surface area contributed by atoms with Crippen molar-refractivity contribution in [2.75, 3.05) is 20.7 Å². The number of azo groups is 1. The number of cyclic esters (lactones) is 1. The lowest BCUT2D eigenvalue weighted by atomic mass is 10.0. The zero-order valence-electron chi connectivity index (χ0n) is 17.4. The Morgan fingerprint density at radius 3 is 2.55 bits per heavy atom. The molecule has 0 saturated heterocycles. The summed E-state index contributed by atoms with van der Waals surface area (Å²) in [4.78, 5) is 38.1. The van der Waals surface area contributed by atoms with E-state index >= 15 is 0 Å². The maximum Gasteiger partial charge on any atom is 0.369 e. The van der Waals surface area contributed by atoms with Crippen LogP contribution in [0.3, 0.4) is 0 Å². The topological polar surface area (TPSA) is 107 Å². The second kappa shape index (κ2) is 8.85. The van der Waals surface area contributed by atoms with Crippen LogP contribution in [0.25, 0.3) is 0 Å². The third kappa shape index (κ3) is 5.18. The highest BCUT2D eigenvalue weighted by molar-refractivity contribution is 6.04. The van der Waals surface area contributed by atoms with Gasteiger partial charge >= 0.3 is 11.9 Å². The first-order chi connectivity index (χ1) is 13.6. The average molecular weight is 403 g/mol. The van der Waals surface area contributed by atoms with E-state index in [1.54, 1.807) is 33.0 Å².